The van der Waals surface area contributed by atoms with Gasteiger partial charge in [0.15, 0.2) is 17.7 Å². The number of Topliss-reactive ketones (excluding diaryl/α,β-unsaturated/α-hetero) is 1. The molecular weight excluding hydrogens is 520 g/mol. The monoisotopic (exact) mass is 546 g/mol. The van der Waals surface area contributed by atoms with Gasteiger partial charge in [-0.25, -0.2) is 9.59 Å². The molecule has 5 rings (SSSR count). The zero-order valence-electron chi connectivity index (χ0n) is 20.4. The first-order valence-electron chi connectivity index (χ1n) is 12.0. The molecule has 0 aromatic heterocycles. The molecule has 0 amide bonds. The van der Waals surface area contributed by atoms with E-state index in [1.165, 1.54) is 43.5 Å². The molecule has 0 unspecified atom stereocenters. The van der Waals surface area contributed by atoms with Crippen LogP contribution in [0.3, 0.4) is 0 Å². The van der Waals surface area contributed by atoms with Gasteiger partial charge in [0.05, 0.1) is 31.5 Å². The number of methoxy groups -OCH3 is 1. The van der Waals surface area contributed by atoms with Gasteiger partial charge < -0.3 is 49.2 Å². The molecule has 0 radical (unpaired) electrons. The van der Waals surface area contributed by atoms with E-state index < -0.39 is 78.8 Å². The maximum absolute atomic E-state index is 13.1. The smallest absolute Gasteiger partial charge is 0.343 e. The first-order chi connectivity index (χ1) is 18.6. The summed E-state index contributed by atoms with van der Waals surface area (Å²) in [4.78, 5) is 38.5. The summed E-state index contributed by atoms with van der Waals surface area (Å²) in [6.45, 7) is -0.691. The predicted octanol–water partition coefficient (Wildman–Crippen LogP) is -1.17. The molecule has 13 nitrogen and oxygen atoms in total. The SMILES string of the molecule is COC(=O)C1=CO[C@@H](O[C@@H]2O[C@H](CO)[C@@H](O)[C@H](O)[C@H]2O)[C@H]2[C@@H]1C=C[C@@]21C=C(C(=O)c2ccc(O)cc2)C(=O)O1. The van der Waals surface area contributed by atoms with Gasteiger partial charge in [-0.3, -0.25) is 4.79 Å². The number of fused-ring (bicyclic) bond motifs is 2. The molecule has 13 heteroatoms. The highest BCUT2D eigenvalue weighted by Crippen LogP contribution is 2.50. The van der Waals surface area contributed by atoms with Gasteiger partial charge in [0.25, 0.3) is 0 Å². The highest BCUT2D eigenvalue weighted by molar-refractivity contribution is 6.25. The first kappa shape index (κ1) is 27.0. The summed E-state index contributed by atoms with van der Waals surface area (Å²) < 4.78 is 27.5. The molecule has 1 spiro atoms. The summed E-state index contributed by atoms with van der Waals surface area (Å²) >= 11 is 0. The number of benzene rings is 1. The van der Waals surface area contributed by atoms with E-state index in [2.05, 4.69) is 0 Å². The molecular formula is C26H26O13. The molecule has 208 valence electrons. The maximum atomic E-state index is 13.1. The Labute approximate surface area is 221 Å². The van der Waals surface area contributed by atoms with Crippen LogP contribution < -0.4 is 0 Å². The van der Waals surface area contributed by atoms with Gasteiger partial charge in [-0.15, -0.1) is 0 Å². The zero-order chi connectivity index (χ0) is 28.1. The van der Waals surface area contributed by atoms with Crippen molar-refractivity contribution >= 4 is 17.7 Å². The van der Waals surface area contributed by atoms with Crippen LogP contribution in [0.15, 0.2) is 59.9 Å². The molecule has 9 atom stereocenters. The number of ether oxygens (including phenoxy) is 5. The van der Waals surface area contributed by atoms with Crippen LogP contribution in [0.2, 0.25) is 0 Å². The molecule has 3 heterocycles. The first-order valence-corrected chi connectivity index (χ1v) is 12.0. The predicted molar refractivity (Wildman–Crippen MR) is 125 cm³/mol. The number of phenolic OH excluding ortho intramolecular Hbond substituents is 1. The third kappa shape index (κ3) is 4.52. The lowest BCUT2D eigenvalue weighted by Crippen LogP contribution is -2.60. The highest BCUT2D eigenvalue weighted by atomic mass is 16.8. The van der Waals surface area contributed by atoms with E-state index in [1.807, 2.05) is 0 Å². The molecule has 1 aromatic carbocycles. The summed E-state index contributed by atoms with van der Waals surface area (Å²) in [6, 6.07) is 5.28. The Balaban J connectivity index is 1.49. The van der Waals surface area contributed by atoms with Crippen LogP contribution in [-0.2, 0) is 33.3 Å². The van der Waals surface area contributed by atoms with Gasteiger partial charge in [-0.1, -0.05) is 6.08 Å². The van der Waals surface area contributed by atoms with E-state index in [4.69, 9.17) is 23.7 Å². The van der Waals surface area contributed by atoms with E-state index in [9.17, 15) is 39.9 Å². The number of allylic oxidation sites excluding steroid dienone is 1. The lowest BCUT2D eigenvalue weighted by Gasteiger charge is -2.44. The number of phenols is 1. The van der Waals surface area contributed by atoms with Crippen molar-refractivity contribution in [3.8, 4) is 5.75 Å². The number of aliphatic hydroxyl groups excluding tert-OH is 4. The summed E-state index contributed by atoms with van der Waals surface area (Å²) in [5, 5.41) is 49.7. The second kappa shape index (κ2) is 10.2. The Hall–Kier alpha value is -3.59. The topological polar surface area (TPSA) is 199 Å². The lowest BCUT2D eigenvalue weighted by molar-refractivity contribution is -0.344. The Morgan fingerprint density at radius 1 is 1.05 bits per heavy atom. The molecule has 1 fully saturated rings. The van der Waals surface area contributed by atoms with E-state index in [0.717, 1.165) is 6.26 Å². The summed E-state index contributed by atoms with van der Waals surface area (Å²) in [6.07, 6.45) is -3.92. The van der Waals surface area contributed by atoms with Crippen molar-refractivity contribution in [3.63, 3.8) is 0 Å². The van der Waals surface area contributed by atoms with Gasteiger partial charge >= 0.3 is 11.9 Å². The van der Waals surface area contributed by atoms with Crippen molar-refractivity contribution < 1.29 is 63.6 Å². The van der Waals surface area contributed by atoms with E-state index in [1.54, 1.807) is 6.08 Å². The van der Waals surface area contributed by atoms with Crippen LogP contribution in [0.25, 0.3) is 0 Å². The molecule has 1 saturated heterocycles. The Bertz CT molecular complexity index is 1250. The van der Waals surface area contributed by atoms with Gasteiger partial charge in [-0.2, -0.15) is 0 Å². The Kier molecular flexibility index (Phi) is 7.05. The number of hydrogen-bond acceptors (Lipinski definition) is 13. The Morgan fingerprint density at radius 3 is 2.44 bits per heavy atom. The van der Waals surface area contributed by atoms with Crippen LogP contribution >= 0.6 is 0 Å². The third-order valence-electron chi connectivity index (χ3n) is 7.22. The minimum Gasteiger partial charge on any atom is -0.508 e. The molecule has 0 saturated carbocycles. The van der Waals surface area contributed by atoms with Crippen molar-refractivity contribution in [1.29, 1.82) is 0 Å². The van der Waals surface area contributed by atoms with Gasteiger partial charge in [0, 0.05) is 11.5 Å². The van der Waals surface area contributed by atoms with E-state index in [-0.39, 0.29) is 22.5 Å². The van der Waals surface area contributed by atoms with Crippen LogP contribution in [0.4, 0.5) is 0 Å². The fraction of sp³-hybridized carbons (Fsp3) is 0.423. The van der Waals surface area contributed by atoms with Crippen molar-refractivity contribution in [1.82, 2.24) is 0 Å². The van der Waals surface area contributed by atoms with Crippen LogP contribution in [-0.4, -0.2) is 99.6 Å². The largest absolute Gasteiger partial charge is 0.508 e. The number of esters is 2. The number of rotatable bonds is 6. The number of carbonyl (C=O) groups excluding carboxylic acids is 3. The maximum Gasteiger partial charge on any atom is 0.343 e. The average Bonchev–Trinajstić information content (AvgIpc) is 3.48. The minimum absolute atomic E-state index is 0.0621. The van der Waals surface area contributed by atoms with Crippen LogP contribution in [0.5, 0.6) is 5.75 Å². The van der Waals surface area contributed by atoms with Gasteiger partial charge in [0.1, 0.15) is 35.7 Å². The molecule has 1 aromatic rings. The molecule has 0 bridgehead atoms. The van der Waals surface area contributed by atoms with Crippen LogP contribution in [0, 0.1) is 11.8 Å². The second-order valence-electron chi connectivity index (χ2n) is 9.49. The average molecular weight is 546 g/mol. The van der Waals surface area contributed by atoms with E-state index in [0.29, 0.717) is 0 Å². The highest BCUT2D eigenvalue weighted by Gasteiger charge is 2.60. The second-order valence-corrected chi connectivity index (χ2v) is 9.49. The van der Waals surface area contributed by atoms with Crippen molar-refractivity contribution in [2.24, 2.45) is 11.8 Å². The third-order valence-corrected chi connectivity index (χ3v) is 7.22. The number of carbonyl (C=O) groups is 3. The minimum atomic E-state index is -1.76. The fourth-order valence-corrected chi connectivity index (χ4v) is 5.18. The summed E-state index contributed by atoms with van der Waals surface area (Å²) in [5.74, 6) is -4.24. The number of ketones is 1. The molecule has 3 aliphatic heterocycles. The number of hydrogen-bond donors (Lipinski definition) is 5. The summed E-state index contributed by atoms with van der Waals surface area (Å²) in [7, 11) is 1.17. The van der Waals surface area contributed by atoms with E-state index >= 15 is 0 Å². The van der Waals surface area contributed by atoms with Gasteiger partial charge in [-0.05, 0) is 36.4 Å². The normalized spacial score (nSPS) is 37.0. The standard InChI is InChI=1S/C26H26O13/c1-35-22(33)15-10-36-24(38-25-21(32)20(31)19(30)16(9-27)37-25)17-13(15)6-7-26(17)8-14(23(34)39-26)18(29)11-2-4-12(28)5-3-11/h2-8,10,13,16-17,19-21,24-25,27-28,30-32H,9H2,1H3/t13-,16-,17-,19-,20+,21-,24+,25+,26-/m1/s1. The van der Waals surface area contributed by atoms with Crippen LogP contribution in [0.1, 0.15) is 10.4 Å². The van der Waals surface area contributed by atoms with Crippen molar-refractivity contribution in [3.05, 3.63) is 65.5 Å². The lowest BCUT2D eigenvalue weighted by atomic mass is 9.78. The number of aliphatic hydroxyl groups is 4. The Morgan fingerprint density at radius 2 is 1.77 bits per heavy atom. The quantitative estimate of drug-likeness (QED) is 0.124. The van der Waals surface area contributed by atoms with Crippen molar-refractivity contribution in [2.45, 2.75) is 42.6 Å². The molecule has 4 aliphatic rings. The molecule has 39 heavy (non-hydrogen) atoms. The summed E-state index contributed by atoms with van der Waals surface area (Å²) in [5.41, 5.74) is -1.75. The number of aromatic hydroxyl groups is 1. The van der Waals surface area contributed by atoms with Gasteiger partial charge in [0.2, 0.25) is 6.29 Å². The van der Waals surface area contributed by atoms with Crippen molar-refractivity contribution in [2.75, 3.05) is 13.7 Å². The molecule has 5 N–H and O–H groups in total. The fourth-order valence-electron chi connectivity index (χ4n) is 5.18. The zero-order valence-corrected chi connectivity index (χ0v) is 20.4. The molecule has 1 aliphatic carbocycles.